The molecule has 0 unspecified atom stereocenters. The maximum absolute atomic E-state index is 13.9. The average molecular weight is 729 g/mol. The molecule has 0 saturated heterocycles. The Morgan fingerprint density at radius 1 is 1.02 bits per heavy atom. The molecule has 4 rings (SSSR count). The van der Waals surface area contributed by atoms with Crippen LogP contribution in [0.25, 0.3) is 22.3 Å². The van der Waals surface area contributed by atoms with Crippen LogP contribution in [0, 0.1) is 6.92 Å². The van der Waals surface area contributed by atoms with Crippen LogP contribution in [0.4, 0.5) is 0 Å². The minimum atomic E-state index is -0.875. The number of hydrogen-bond acceptors (Lipinski definition) is 8. The third-order valence-corrected chi connectivity index (χ3v) is 9.01. The van der Waals surface area contributed by atoms with Gasteiger partial charge in [-0.25, -0.2) is 9.78 Å². The van der Waals surface area contributed by atoms with Crippen LogP contribution in [0.3, 0.4) is 0 Å². The summed E-state index contributed by atoms with van der Waals surface area (Å²) in [5, 5.41) is 5.12. The lowest BCUT2D eigenvalue weighted by molar-refractivity contribution is -0.148. The summed E-state index contributed by atoms with van der Waals surface area (Å²) in [6.07, 6.45) is 0.680. The zero-order chi connectivity index (χ0) is 32.1. The van der Waals surface area contributed by atoms with Gasteiger partial charge in [-0.1, -0.05) is 26.0 Å². The molecular weight excluding hydrogens is 694 g/mol. The molecule has 0 bridgehead atoms. The normalized spacial score (nSPS) is 12.1. The fraction of sp³-hybridized carbons (Fsp3) is 0.333. The van der Waals surface area contributed by atoms with Gasteiger partial charge in [0.05, 0.1) is 41.9 Å². The third-order valence-electron chi connectivity index (χ3n) is 6.87. The van der Waals surface area contributed by atoms with Crippen LogP contribution in [0.15, 0.2) is 61.3 Å². The first-order valence-electron chi connectivity index (χ1n) is 14.2. The van der Waals surface area contributed by atoms with Crippen LogP contribution in [0.2, 0.25) is 0 Å². The number of fused-ring (bicyclic) bond motifs is 1. The van der Waals surface area contributed by atoms with Crippen LogP contribution in [-0.2, 0) is 9.53 Å². The number of rotatable bonds is 11. The molecule has 0 aliphatic carbocycles. The molecule has 4 aromatic rings. The monoisotopic (exact) mass is 727 g/mol. The number of methoxy groups -OCH3 is 1. The highest BCUT2D eigenvalue weighted by molar-refractivity contribution is 9.13. The summed E-state index contributed by atoms with van der Waals surface area (Å²) >= 11 is 7.18. The molecule has 44 heavy (non-hydrogen) atoms. The van der Waals surface area contributed by atoms with Gasteiger partial charge in [0.15, 0.2) is 23.4 Å². The van der Waals surface area contributed by atoms with Crippen molar-refractivity contribution in [1.29, 1.82) is 0 Å². The Kier molecular flexibility index (Phi) is 10.9. The second kappa shape index (κ2) is 14.4. The van der Waals surface area contributed by atoms with Gasteiger partial charge in [0.25, 0.3) is 5.56 Å². The first-order chi connectivity index (χ1) is 21.0. The smallest absolute Gasteiger partial charge is 0.346 e. The van der Waals surface area contributed by atoms with Crippen LogP contribution in [-0.4, -0.2) is 48.3 Å². The molecule has 9 nitrogen and oxygen atoms in total. The van der Waals surface area contributed by atoms with E-state index in [1.165, 1.54) is 11.8 Å². The molecule has 1 heterocycles. The van der Waals surface area contributed by atoms with E-state index in [4.69, 9.17) is 23.9 Å². The first-order valence-corrected chi connectivity index (χ1v) is 15.8. The van der Waals surface area contributed by atoms with Crippen molar-refractivity contribution >= 4 is 54.9 Å². The van der Waals surface area contributed by atoms with Gasteiger partial charge in [0.1, 0.15) is 5.75 Å². The maximum Gasteiger partial charge on any atom is 0.346 e. The quantitative estimate of drug-likeness (QED) is 0.116. The largest absolute Gasteiger partial charge is 0.494 e. The molecule has 0 radical (unpaired) electrons. The van der Waals surface area contributed by atoms with Gasteiger partial charge in [0.2, 0.25) is 0 Å². The topological polar surface area (TPSA) is 101 Å². The molecule has 0 amide bonds. The molecule has 0 aliphatic rings. The Labute approximate surface area is 273 Å². The highest BCUT2D eigenvalue weighted by Gasteiger charge is 2.23. The Hall–Kier alpha value is -3.70. The van der Waals surface area contributed by atoms with Crippen molar-refractivity contribution in [2.24, 2.45) is 5.10 Å². The van der Waals surface area contributed by atoms with Crippen molar-refractivity contribution in [2.75, 3.05) is 20.3 Å². The Bertz CT molecular complexity index is 1780. The fourth-order valence-electron chi connectivity index (χ4n) is 4.66. The summed E-state index contributed by atoms with van der Waals surface area (Å²) in [6, 6.07) is 12.9. The maximum atomic E-state index is 13.9. The molecule has 0 N–H and O–H groups in total. The van der Waals surface area contributed by atoms with Crippen LogP contribution < -0.4 is 19.8 Å². The molecule has 1 atom stereocenters. The summed E-state index contributed by atoms with van der Waals surface area (Å²) in [7, 11) is 1.30. The van der Waals surface area contributed by atoms with Crippen LogP contribution in [0.1, 0.15) is 57.2 Å². The van der Waals surface area contributed by atoms with Gasteiger partial charge in [-0.2, -0.15) is 9.78 Å². The Morgan fingerprint density at radius 2 is 1.70 bits per heavy atom. The third kappa shape index (κ3) is 6.83. The number of para-hydroxylation sites is 1. The van der Waals surface area contributed by atoms with Gasteiger partial charge in [-0.15, -0.1) is 0 Å². The van der Waals surface area contributed by atoms with Crippen molar-refractivity contribution in [2.45, 2.75) is 53.6 Å². The second-order valence-electron chi connectivity index (χ2n) is 10.2. The van der Waals surface area contributed by atoms with Gasteiger partial charge < -0.3 is 18.9 Å². The van der Waals surface area contributed by atoms with Crippen molar-refractivity contribution in [1.82, 2.24) is 9.66 Å². The molecule has 1 aromatic heterocycles. The number of carbonyl (C=O) groups is 1. The van der Waals surface area contributed by atoms with E-state index in [1.807, 2.05) is 45.0 Å². The molecular formula is C33H35Br2N3O6. The number of ether oxygens (including phenoxy) is 4. The minimum Gasteiger partial charge on any atom is -0.494 e. The molecule has 11 heteroatoms. The first kappa shape index (κ1) is 33.2. The zero-order valence-electron chi connectivity index (χ0n) is 25.7. The molecule has 3 aromatic carbocycles. The predicted octanol–water partition coefficient (Wildman–Crippen LogP) is 7.64. The molecule has 0 saturated carbocycles. The number of benzene rings is 3. The fourth-order valence-corrected chi connectivity index (χ4v) is 5.57. The zero-order valence-corrected chi connectivity index (χ0v) is 28.9. The lowest BCUT2D eigenvalue weighted by Gasteiger charge is -2.19. The van der Waals surface area contributed by atoms with Crippen molar-refractivity contribution < 1.29 is 23.7 Å². The lowest BCUT2D eigenvalue weighted by Crippen LogP contribution is -2.25. The molecule has 232 valence electrons. The number of hydrogen-bond donors (Lipinski definition) is 0. The Morgan fingerprint density at radius 3 is 2.36 bits per heavy atom. The second-order valence-corrected chi connectivity index (χ2v) is 11.8. The van der Waals surface area contributed by atoms with E-state index in [2.05, 4.69) is 50.8 Å². The summed E-state index contributed by atoms with van der Waals surface area (Å²) in [5.41, 5.74) is 3.53. The van der Waals surface area contributed by atoms with E-state index >= 15 is 0 Å². The van der Waals surface area contributed by atoms with Crippen molar-refractivity contribution in [3.63, 3.8) is 0 Å². The van der Waals surface area contributed by atoms with E-state index in [0.29, 0.717) is 55.9 Å². The minimum absolute atomic E-state index is 0.174. The van der Waals surface area contributed by atoms with E-state index in [0.717, 1.165) is 22.4 Å². The van der Waals surface area contributed by atoms with Gasteiger partial charge in [-0.3, -0.25) is 4.79 Å². The molecule has 0 fully saturated rings. The lowest BCUT2D eigenvalue weighted by atomic mass is 9.96. The summed E-state index contributed by atoms with van der Waals surface area (Å²) in [4.78, 5) is 30.9. The standard InChI is InChI=1S/C33H35Br2N3O6/c1-8-42-26-14-19(5)24(16-23(26)18(3)4)31-37-25-13-11-10-12-22(25)32(39)38(31)36-17-21-15-27(43-9-2)30(29(35)28(21)34)44-20(6)33(40)41-7/h10-18,20H,8-9H2,1-7H3/t20-/m1/s1. The number of aromatic nitrogens is 2. The number of carbonyl (C=O) groups excluding carboxylic acids is 1. The van der Waals surface area contributed by atoms with E-state index in [1.54, 1.807) is 31.3 Å². The summed E-state index contributed by atoms with van der Waals surface area (Å²) < 4.78 is 24.9. The highest BCUT2D eigenvalue weighted by Crippen LogP contribution is 2.43. The van der Waals surface area contributed by atoms with E-state index < -0.39 is 12.1 Å². The van der Waals surface area contributed by atoms with Crippen molar-refractivity contribution in [3.05, 3.63) is 78.5 Å². The number of esters is 1. The molecule has 0 spiro atoms. The summed E-state index contributed by atoms with van der Waals surface area (Å²) in [6.45, 7) is 12.4. The number of halogens is 2. The van der Waals surface area contributed by atoms with Crippen LogP contribution >= 0.6 is 31.9 Å². The van der Waals surface area contributed by atoms with Crippen molar-refractivity contribution in [3.8, 4) is 28.6 Å². The number of nitrogens with zero attached hydrogens (tertiary/aromatic N) is 3. The van der Waals surface area contributed by atoms with E-state index in [9.17, 15) is 9.59 Å². The predicted molar refractivity (Wildman–Crippen MR) is 180 cm³/mol. The summed E-state index contributed by atoms with van der Waals surface area (Å²) in [5.74, 6) is 1.57. The van der Waals surface area contributed by atoms with Gasteiger partial charge in [-0.05, 0) is 107 Å². The number of aryl methyl sites for hydroxylation is 1. The van der Waals surface area contributed by atoms with Crippen LogP contribution in [0.5, 0.6) is 17.2 Å². The SMILES string of the molecule is CCOc1cc(C)c(-c2nc3ccccc3c(=O)n2N=Cc2cc(OCC)c(O[C@H](C)C(=O)OC)c(Br)c2Br)cc1C(C)C. The van der Waals surface area contributed by atoms with Gasteiger partial charge >= 0.3 is 5.97 Å². The van der Waals surface area contributed by atoms with Gasteiger partial charge in [0, 0.05) is 15.6 Å². The highest BCUT2D eigenvalue weighted by atomic mass is 79.9. The van der Waals surface area contributed by atoms with E-state index in [-0.39, 0.29) is 11.5 Å². The molecule has 0 aliphatic heterocycles. The Balaban J connectivity index is 1.92. The average Bonchev–Trinajstić information content (AvgIpc) is 3.00.